The molecule has 9 heteroatoms. The fourth-order valence-corrected chi connectivity index (χ4v) is 5.72. The molecule has 2 N–H and O–H groups in total. The van der Waals surface area contributed by atoms with Crippen molar-refractivity contribution in [2.75, 3.05) is 32.5 Å². The van der Waals surface area contributed by atoms with Gasteiger partial charge in [-0.25, -0.2) is 9.52 Å². The third kappa shape index (κ3) is 4.83. The standard InChI is InChI=1S/C20H30N4O3S.Na/c1-23-11-5-8-16(23)13-24(2)28(26,27)22-20(25)21-19-17-9-3-6-14(17)12-15-7-4-10-18(15)19;/h12,16H,3-11,13H2,1-2H3,(H2,21,22,25);/t16-;/m0./s1. The van der Waals surface area contributed by atoms with Gasteiger partial charge in [0.15, 0.2) is 0 Å². The Kier molecular flexibility index (Phi) is 7.34. The van der Waals surface area contributed by atoms with E-state index in [2.05, 4.69) is 21.0 Å². The molecule has 0 bridgehead atoms. The maximum Gasteiger partial charge on any atom is 0.333 e. The monoisotopic (exact) mass is 429 g/mol. The summed E-state index contributed by atoms with van der Waals surface area (Å²) in [4.78, 5) is 14.8. The Balaban J connectivity index is 0.00000240. The summed E-state index contributed by atoms with van der Waals surface area (Å²) in [6.07, 6.45) is 8.19. The Hall–Kier alpha value is -0.640. The van der Waals surface area contributed by atoms with Crippen LogP contribution in [0.4, 0.5) is 10.5 Å². The number of nitrogens with zero attached hydrogens (tertiary/aromatic N) is 2. The van der Waals surface area contributed by atoms with Crippen LogP contribution in [0.3, 0.4) is 0 Å². The number of rotatable bonds is 5. The first-order chi connectivity index (χ1) is 13.3. The quantitative estimate of drug-likeness (QED) is 0.698. The van der Waals surface area contributed by atoms with E-state index in [1.54, 1.807) is 0 Å². The van der Waals surface area contributed by atoms with Gasteiger partial charge in [0, 0.05) is 54.9 Å². The first kappa shape index (κ1) is 23.0. The van der Waals surface area contributed by atoms with Crippen molar-refractivity contribution in [2.45, 2.75) is 57.4 Å². The fourth-order valence-electron chi connectivity index (χ4n) is 4.91. The van der Waals surface area contributed by atoms with E-state index in [0.29, 0.717) is 6.54 Å². The molecule has 1 heterocycles. The van der Waals surface area contributed by atoms with Gasteiger partial charge in [-0.05, 0) is 87.2 Å². The van der Waals surface area contributed by atoms with Crippen molar-refractivity contribution in [1.82, 2.24) is 13.9 Å². The van der Waals surface area contributed by atoms with Crippen LogP contribution >= 0.6 is 0 Å². The number of nitrogens with one attached hydrogen (secondary N) is 2. The second-order valence-corrected chi connectivity index (χ2v) is 10.1. The van der Waals surface area contributed by atoms with E-state index in [9.17, 15) is 13.2 Å². The van der Waals surface area contributed by atoms with Gasteiger partial charge in [-0.3, -0.25) is 0 Å². The predicted octanol–water partition coefficient (Wildman–Crippen LogP) is 1.68. The molecule has 3 aliphatic rings. The van der Waals surface area contributed by atoms with E-state index in [0.717, 1.165) is 63.6 Å². The van der Waals surface area contributed by atoms with Gasteiger partial charge in [0.1, 0.15) is 0 Å². The Morgan fingerprint density at radius 1 is 1.14 bits per heavy atom. The van der Waals surface area contributed by atoms with Gasteiger partial charge in [-0.2, -0.15) is 12.7 Å². The average molecular weight is 430 g/mol. The Labute approximate surface area is 196 Å². The molecule has 4 rings (SSSR count). The molecule has 7 nitrogen and oxygen atoms in total. The Morgan fingerprint density at radius 2 is 1.76 bits per heavy atom. The van der Waals surface area contributed by atoms with Gasteiger partial charge < -0.3 is 10.2 Å². The zero-order valence-electron chi connectivity index (χ0n) is 17.8. The van der Waals surface area contributed by atoms with E-state index in [1.165, 1.54) is 33.6 Å². The molecule has 0 spiro atoms. The minimum atomic E-state index is -3.87. The van der Waals surface area contributed by atoms with E-state index >= 15 is 0 Å². The van der Waals surface area contributed by atoms with Gasteiger partial charge in [-0.1, -0.05) is 6.07 Å². The van der Waals surface area contributed by atoms with Crippen molar-refractivity contribution in [2.24, 2.45) is 0 Å². The Bertz CT molecular complexity index is 858. The van der Waals surface area contributed by atoms with Gasteiger partial charge in [0.05, 0.1) is 0 Å². The molecule has 155 valence electrons. The summed E-state index contributed by atoms with van der Waals surface area (Å²) in [7, 11) is -0.338. The maximum absolute atomic E-state index is 12.6. The molecule has 1 atom stereocenters. The maximum atomic E-state index is 12.6. The predicted molar refractivity (Wildman–Crippen MR) is 116 cm³/mol. The molecule has 1 aliphatic heterocycles. The molecular weight excluding hydrogens is 399 g/mol. The van der Waals surface area contributed by atoms with Crippen LogP contribution in [-0.4, -0.2) is 86.4 Å². The van der Waals surface area contributed by atoms with Crippen LogP contribution in [0.25, 0.3) is 0 Å². The first-order valence-corrected chi connectivity index (χ1v) is 11.7. The number of hydrogen-bond donors (Lipinski definition) is 2. The molecule has 1 saturated heterocycles. The summed E-state index contributed by atoms with van der Waals surface area (Å²) < 4.78 is 28.7. The van der Waals surface area contributed by atoms with Crippen LogP contribution in [-0.2, 0) is 35.9 Å². The second kappa shape index (κ2) is 9.24. The topological polar surface area (TPSA) is 81.8 Å². The molecular formula is C20H30N4NaO3S. The minimum absolute atomic E-state index is 0. The SMILES string of the molecule is CN1CCC[C@H]1CN(C)S(=O)(=O)NC(=O)Nc1c2c(cc3c1CCC3)CCC2.[Na]. The zero-order valence-corrected chi connectivity index (χ0v) is 20.6. The summed E-state index contributed by atoms with van der Waals surface area (Å²) >= 11 is 0. The third-order valence-electron chi connectivity index (χ3n) is 6.48. The van der Waals surface area contributed by atoms with Crippen molar-refractivity contribution in [3.8, 4) is 0 Å². The van der Waals surface area contributed by atoms with E-state index in [4.69, 9.17) is 0 Å². The van der Waals surface area contributed by atoms with Crippen molar-refractivity contribution in [3.05, 3.63) is 28.3 Å². The van der Waals surface area contributed by atoms with Crippen LogP contribution in [0, 0.1) is 0 Å². The number of carbonyl (C=O) groups excluding carboxylic acids is 1. The number of aryl methyl sites for hydroxylation is 2. The molecule has 0 saturated carbocycles. The van der Waals surface area contributed by atoms with Crippen LogP contribution in [0.15, 0.2) is 6.07 Å². The van der Waals surface area contributed by atoms with Gasteiger partial charge in [0.2, 0.25) is 0 Å². The van der Waals surface area contributed by atoms with Gasteiger partial charge >= 0.3 is 16.2 Å². The van der Waals surface area contributed by atoms with Crippen molar-refractivity contribution < 1.29 is 13.2 Å². The molecule has 1 fully saturated rings. The number of amides is 2. The molecule has 0 unspecified atom stereocenters. The van der Waals surface area contributed by atoms with Crippen molar-refractivity contribution in [3.63, 3.8) is 0 Å². The smallest absolute Gasteiger partial charge is 0.307 e. The molecule has 0 aromatic heterocycles. The molecule has 29 heavy (non-hydrogen) atoms. The number of likely N-dealkylation sites (N-methyl/N-ethyl adjacent to an activating group) is 2. The minimum Gasteiger partial charge on any atom is -0.307 e. The van der Waals surface area contributed by atoms with E-state index < -0.39 is 16.2 Å². The average Bonchev–Trinajstić information content (AvgIpc) is 3.35. The third-order valence-corrected chi connectivity index (χ3v) is 7.90. The number of hydrogen-bond acceptors (Lipinski definition) is 4. The molecule has 1 aromatic rings. The summed E-state index contributed by atoms with van der Waals surface area (Å²) in [5.41, 5.74) is 5.84. The number of carbonyl (C=O) groups is 1. The largest absolute Gasteiger partial charge is 0.333 e. The number of benzene rings is 1. The zero-order chi connectivity index (χ0) is 19.9. The van der Waals surface area contributed by atoms with Crippen molar-refractivity contribution in [1.29, 1.82) is 0 Å². The first-order valence-electron chi connectivity index (χ1n) is 10.3. The van der Waals surface area contributed by atoms with Gasteiger partial charge in [-0.15, -0.1) is 0 Å². The summed E-state index contributed by atoms with van der Waals surface area (Å²) in [6, 6.07) is 1.82. The number of anilines is 1. The van der Waals surface area contributed by atoms with E-state index in [-0.39, 0.29) is 35.6 Å². The number of urea groups is 1. The number of fused-ring (bicyclic) bond motifs is 2. The van der Waals surface area contributed by atoms with Crippen LogP contribution in [0.1, 0.15) is 47.9 Å². The van der Waals surface area contributed by atoms with Gasteiger partial charge in [0.25, 0.3) is 0 Å². The fraction of sp³-hybridized carbons (Fsp3) is 0.650. The van der Waals surface area contributed by atoms with Crippen LogP contribution < -0.4 is 10.0 Å². The summed E-state index contributed by atoms with van der Waals surface area (Å²) in [5.74, 6) is 0. The summed E-state index contributed by atoms with van der Waals surface area (Å²) in [6.45, 7) is 1.37. The van der Waals surface area contributed by atoms with E-state index in [1.807, 2.05) is 7.05 Å². The number of likely N-dealkylation sites (tertiary alicyclic amines) is 1. The Morgan fingerprint density at radius 3 is 2.31 bits per heavy atom. The van der Waals surface area contributed by atoms with Crippen molar-refractivity contribution >= 4 is 51.5 Å². The summed E-state index contributed by atoms with van der Waals surface area (Å²) in [5, 5.41) is 2.89. The molecule has 2 amide bonds. The normalized spacial score (nSPS) is 21.0. The molecule has 1 radical (unpaired) electrons. The molecule has 1 aromatic carbocycles. The van der Waals surface area contributed by atoms with Crippen LogP contribution in [0.2, 0.25) is 0 Å². The van der Waals surface area contributed by atoms with Crippen LogP contribution in [0.5, 0.6) is 0 Å². The molecule has 2 aliphatic carbocycles. The second-order valence-electron chi connectivity index (χ2n) is 8.35.